The summed E-state index contributed by atoms with van der Waals surface area (Å²) in [4.78, 5) is 10.6. The van der Waals surface area contributed by atoms with E-state index in [4.69, 9.17) is 9.84 Å². The van der Waals surface area contributed by atoms with Crippen LogP contribution in [0.2, 0.25) is 0 Å². The van der Waals surface area contributed by atoms with Gasteiger partial charge >= 0.3 is 5.97 Å². The number of carbonyl (C=O) groups is 1. The number of hydrogen-bond acceptors (Lipinski definition) is 2. The summed E-state index contributed by atoms with van der Waals surface area (Å²) in [7, 11) is 0. The first-order valence-electron chi connectivity index (χ1n) is 4.62. The topological polar surface area (TPSA) is 46.5 Å². The van der Waals surface area contributed by atoms with Crippen LogP contribution < -0.4 is 4.74 Å². The molecule has 1 aliphatic rings. The highest BCUT2D eigenvalue weighted by Gasteiger charge is 2.25. The molecule has 1 heterocycles. The molecule has 0 radical (unpaired) electrons. The molecule has 1 aliphatic heterocycles. The van der Waals surface area contributed by atoms with Crippen molar-refractivity contribution in [3.05, 3.63) is 29.3 Å². The molecular formula is C11H12O3. The van der Waals surface area contributed by atoms with Crippen molar-refractivity contribution in [1.82, 2.24) is 0 Å². The molecule has 3 nitrogen and oxygen atoms in total. The largest absolute Gasteiger partial charge is 0.493 e. The van der Waals surface area contributed by atoms with Crippen LogP contribution in [0.3, 0.4) is 0 Å². The van der Waals surface area contributed by atoms with Gasteiger partial charge in [0.25, 0.3) is 0 Å². The second-order valence-electron chi connectivity index (χ2n) is 3.65. The van der Waals surface area contributed by atoms with Gasteiger partial charge in [0, 0.05) is 11.5 Å². The molecule has 0 unspecified atom stereocenters. The van der Waals surface area contributed by atoms with Crippen molar-refractivity contribution in [3.8, 4) is 5.75 Å². The fourth-order valence-electron chi connectivity index (χ4n) is 1.76. The maximum Gasteiger partial charge on any atom is 0.304 e. The van der Waals surface area contributed by atoms with Crippen LogP contribution in [0.25, 0.3) is 0 Å². The lowest BCUT2D eigenvalue weighted by atomic mass is 9.97. The van der Waals surface area contributed by atoms with Crippen LogP contribution in [0.5, 0.6) is 5.75 Å². The van der Waals surface area contributed by atoms with E-state index >= 15 is 0 Å². The lowest BCUT2D eigenvalue weighted by molar-refractivity contribution is -0.137. The fraction of sp³-hybridized carbons (Fsp3) is 0.364. The van der Waals surface area contributed by atoms with Crippen LogP contribution in [0.15, 0.2) is 18.2 Å². The van der Waals surface area contributed by atoms with Crippen LogP contribution in [0, 0.1) is 6.92 Å². The molecule has 0 aliphatic carbocycles. The summed E-state index contributed by atoms with van der Waals surface area (Å²) in [5, 5.41) is 8.70. The Morgan fingerprint density at radius 2 is 2.43 bits per heavy atom. The Hall–Kier alpha value is -1.51. The molecule has 0 amide bonds. The van der Waals surface area contributed by atoms with E-state index < -0.39 is 5.97 Å². The number of aryl methyl sites for hydroxylation is 1. The fourth-order valence-corrected chi connectivity index (χ4v) is 1.76. The second-order valence-corrected chi connectivity index (χ2v) is 3.65. The van der Waals surface area contributed by atoms with Gasteiger partial charge in [0.05, 0.1) is 13.0 Å². The Bertz CT molecular complexity index is 371. The number of carboxylic acid groups (broad SMARTS) is 1. The number of aliphatic carboxylic acids is 1. The minimum Gasteiger partial charge on any atom is -0.493 e. The summed E-state index contributed by atoms with van der Waals surface area (Å²) in [6.07, 6.45) is 0.149. The zero-order chi connectivity index (χ0) is 10.1. The van der Waals surface area contributed by atoms with E-state index in [0.717, 1.165) is 16.9 Å². The van der Waals surface area contributed by atoms with Gasteiger partial charge < -0.3 is 9.84 Å². The highest BCUT2D eigenvalue weighted by atomic mass is 16.5. The lowest BCUT2D eigenvalue weighted by Gasteiger charge is -2.04. The van der Waals surface area contributed by atoms with Crippen LogP contribution in [0.1, 0.15) is 23.5 Å². The predicted octanol–water partition coefficient (Wildman–Crippen LogP) is 1.95. The first-order chi connectivity index (χ1) is 6.66. The van der Waals surface area contributed by atoms with Gasteiger partial charge in [-0.15, -0.1) is 0 Å². The first kappa shape index (κ1) is 9.06. The van der Waals surface area contributed by atoms with Crippen LogP contribution in [-0.4, -0.2) is 17.7 Å². The molecule has 0 fully saturated rings. The molecule has 1 atom stereocenters. The van der Waals surface area contributed by atoms with Crippen molar-refractivity contribution >= 4 is 5.97 Å². The highest BCUT2D eigenvalue weighted by molar-refractivity contribution is 5.68. The Balaban J connectivity index is 2.26. The van der Waals surface area contributed by atoms with Gasteiger partial charge in [0.15, 0.2) is 0 Å². The zero-order valence-corrected chi connectivity index (χ0v) is 7.99. The standard InChI is InChI=1S/C11H12O3/c1-7-2-3-9-8(5-11(12)13)6-14-10(9)4-7/h2-4,8H,5-6H2,1H3,(H,12,13)/t8-/m1/s1. The predicted molar refractivity (Wildman–Crippen MR) is 51.7 cm³/mol. The first-order valence-corrected chi connectivity index (χ1v) is 4.62. The number of fused-ring (bicyclic) bond motifs is 1. The molecule has 1 aromatic rings. The van der Waals surface area contributed by atoms with Crippen LogP contribution in [0.4, 0.5) is 0 Å². The molecule has 0 saturated carbocycles. The summed E-state index contributed by atoms with van der Waals surface area (Å²) >= 11 is 0. The highest BCUT2D eigenvalue weighted by Crippen LogP contribution is 2.36. The number of rotatable bonds is 2. The van der Waals surface area contributed by atoms with Gasteiger partial charge in [0.2, 0.25) is 0 Å². The Kier molecular flexibility index (Phi) is 2.15. The SMILES string of the molecule is Cc1ccc2c(c1)OC[C@H]2CC(=O)O. The normalized spacial score (nSPS) is 18.8. The quantitative estimate of drug-likeness (QED) is 0.779. The number of ether oxygens (including phenoxy) is 1. The van der Waals surface area contributed by atoms with Crippen molar-refractivity contribution in [1.29, 1.82) is 0 Å². The minimum atomic E-state index is -0.771. The van der Waals surface area contributed by atoms with Gasteiger partial charge in [-0.3, -0.25) is 4.79 Å². The molecule has 2 rings (SSSR count). The van der Waals surface area contributed by atoms with Crippen LogP contribution >= 0.6 is 0 Å². The number of hydrogen-bond donors (Lipinski definition) is 1. The minimum absolute atomic E-state index is 0.0168. The van der Waals surface area contributed by atoms with Crippen molar-refractivity contribution in [2.45, 2.75) is 19.3 Å². The van der Waals surface area contributed by atoms with E-state index in [9.17, 15) is 4.79 Å². The summed E-state index contributed by atoms with van der Waals surface area (Å²) in [5.74, 6) is 0.0892. The average molecular weight is 192 g/mol. The van der Waals surface area contributed by atoms with Gasteiger partial charge in [0.1, 0.15) is 5.75 Å². The Labute approximate surface area is 82.3 Å². The molecule has 3 heteroatoms. The van der Waals surface area contributed by atoms with E-state index in [2.05, 4.69) is 0 Å². The average Bonchev–Trinajstić information content (AvgIpc) is 2.47. The van der Waals surface area contributed by atoms with Crippen molar-refractivity contribution in [2.24, 2.45) is 0 Å². The molecule has 0 bridgehead atoms. The summed E-state index contributed by atoms with van der Waals surface area (Å²) in [6, 6.07) is 5.91. The molecule has 1 N–H and O–H groups in total. The third kappa shape index (κ3) is 1.58. The third-order valence-electron chi connectivity index (χ3n) is 2.47. The zero-order valence-electron chi connectivity index (χ0n) is 7.99. The summed E-state index contributed by atoms with van der Waals surface area (Å²) < 4.78 is 5.43. The van der Waals surface area contributed by atoms with E-state index in [-0.39, 0.29) is 12.3 Å². The van der Waals surface area contributed by atoms with Gasteiger partial charge in [-0.25, -0.2) is 0 Å². The van der Waals surface area contributed by atoms with Crippen molar-refractivity contribution in [3.63, 3.8) is 0 Å². The van der Waals surface area contributed by atoms with E-state index in [1.165, 1.54) is 0 Å². The van der Waals surface area contributed by atoms with E-state index in [1.807, 2.05) is 25.1 Å². The molecule has 0 saturated heterocycles. The van der Waals surface area contributed by atoms with Gasteiger partial charge in [-0.2, -0.15) is 0 Å². The van der Waals surface area contributed by atoms with Gasteiger partial charge in [-0.05, 0) is 18.6 Å². The molecule has 0 spiro atoms. The smallest absolute Gasteiger partial charge is 0.304 e. The number of carboxylic acids is 1. The van der Waals surface area contributed by atoms with E-state index in [1.54, 1.807) is 0 Å². The maximum absolute atomic E-state index is 10.6. The van der Waals surface area contributed by atoms with Crippen molar-refractivity contribution < 1.29 is 14.6 Å². The number of benzene rings is 1. The van der Waals surface area contributed by atoms with Crippen LogP contribution in [-0.2, 0) is 4.79 Å². The second kappa shape index (κ2) is 3.33. The maximum atomic E-state index is 10.6. The third-order valence-corrected chi connectivity index (χ3v) is 2.47. The molecular weight excluding hydrogens is 180 g/mol. The Morgan fingerprint density at radius 1 is 1.64 bits per heavy atom. The van der Waals surface area contributed by atoms with Crippen molar-refractivity contribution in [2.75, 3.05) is 6.61 Å². The molecule has 14 heavy (non-hydrogen) atoms. The van der Waals surface area contributed by atoms with E-state index in [0.29, 0.717) is 6.61 Å². The Morgan fingerprint density at radius 3 is 3.14 bits per heavy atom. The molecule has 74 valence electrons. The monoisotopic (exact) mass is 192 g/mol. The lowest BCUT2D eigenvalue weighted by Crippen LogP contribution is -2.07. The molecule has 1 aromatic carbocycles. The summed E-state index contributed by atoms with van der Waals surface area (Å²) in [5.41, 5.74) is 2.16. The summed E-state index contributed by atoms with van der Waals surface area (Å²) in [6.45, 7) is 2.49. The van der Waals surface area contributed by atoms with Gasteiger partial charge in [-0.1, -0.05) is 12.1 Å². The molecule has 0 aromatic heterocycles.